The minimum atomic E-state index is -4.58. The molecule has 1 N–H and O–H groups in total. The number of rotatable bonds is 7. The number of nitrogens with zero attached hydrogens (tertiary/aromatic N) is 5. The lowest BCUT2D eigenvalue weighted by molar-refractivity contribution is -0.137. The predicted octanol–water partition coefficient (Wildman–Crippen LogP) is 3.71. The molecule has 0 bridgehead atoms. The highest BCUT2D eigenvalue weighted by atomic mass is 19.4. The Morgan fingerprint density at radius 1 is 1.23 bits per heavy atom. The van der Waals surface area contributed by atoms with Gasteiger partial charge >= 0.3 is 12.1 Å². The maximum atomic E-state index is 13.3. The van der Waals surface area contributed by atoms with Crippen molar-refractivity contribution in [3.05, 3.63) is 59.9 Å². The molecule has 2 aromatic heterocycles. The number of carboxylic acid groups (broad SMARTS) is 1. The van der Waals surface area contributed by atoms with Gasteiger partial charge in [-0.05, 0) is 32.0 Å². The number of ether oxygens (including phenoxy) is 1. The zero-order valence-corrected chi connectivity index (χ0v) is 16.5. The van der Waals surface area contributed by atoms with Crippen LogP contribution in [0.1, 0.15) is 25.1 Å². The topological polar surface area (TPSA) is 103 Å². The summed E-state index contributed by atoms with van der Waals surface area (Å²) >= 11 is 0. The van der Waals surface area contributed by atoms with Crippen LogP contribution in [0.2, 0.25) is 0 Å². The Kier molecular flexibility index (Phi) is 6.33. The van der Waals surface area contributed by atoms with E-state index in [1.807, 2.05) is 0 Å². The van der Waals surface area contributed by atoms with Gasteiger partial charge in [-0.2, -0.15) is 13.2 Å². The summed E-state index contributed by atoms with van der Waals surface area (Å²) in [4.78, 5) is 23.5. The van der Waals surface area contributed by atoms with Crippen LogP contribution in [0, 0.1) is 0 Å². The molecule has 11 heteroatoms. The fourth-order valence-corrected chi connectivity index (χ4v) is 2.65. The molecule has 31 heavy (non-hydrogen) atoms. The second-order valence-corrected chi connectivity index (χ2v) is 6.79. The molecule has 8 nitrogen and oxygen atoms in total. The first kappa shape index (κ1) is 21.9. The number of halogens is 3. The average molecular weight is 433 g/mol. The third-order valence-corrected chi connectivity index (χ3v) is 3.92. The van der Waals surface area contributed by atoms with E-state index in [0.717, 1.165) is 16.8 Å². The van der Waals surface area contributed by atoms with E-state index in [2.05, 4.69) is 20.1 Å². The predicted molar refractivity (Wildman–Crippen MR) is 104 cm³/mol. The van der Waals surface area contributed by atoms with Gasteiger partial charge in [0, 0.05) is 36.8 Å². The molecular formula is C20H18F3N5O3. The molecule has 2 heterocycles. The van der Waals surface area contributed by atoms with Crippen LogP contribution < -0.4 is 4.74 Å². The number of hydrogen-bond acceptors (Lipinski definition) is 6. The molecule has 0 saturated heterocycles. The van der Waals surface area contributed by atoms with Crippen LogP contribution in [0.25, 0.3) is 17.6 Å². The highest BCUT2D eigenvalue weighted by Gasteiger charge is 2.32. The lowest BCUT2D eigenvalue weighted by atomic mass is 10.1. The van der Waals surface area contributed by atoms with Gasteiger partial charge in [0.05, 0.1) is 22.9 Å². The first-order valence-corrected chi connectivity index (χ1v) is 9.11. The summed E-state index contributed by atoms with van der Waals surface area (Å²) < 4.78 is 46.4. The number of carbonyl (C=O) groups is 1. The molecular weight excluding hydrogens is 415 g/mol. The second kappa shape index (κ2) is 8.94. The van der Waals surface area contributed by atoms with E-state index in [-0.39, 0.29) is 35.2 Å². The van der Waals surface area contributed by atoms with E-state index in [9.17, 15) is 23.1 Å². The van der Waals surface area contributed by atoms with Gasteiger partial charge in [0.25, 0.3) is 0 Å². The first-order valence-electron chi connectivity index (χ1n) is 9.11. The molecule has 0 atom stereocenters. The van der Waals surface area contributed by atoms with Crippen molar-refractivity contribution in [2.24, 2.45) is 0 Å². The van der Waals surface area contributed by atoms with Gasteiger partial charge in [-0.25, -0.2) is 14.5 Å². The quantitative estimate of drug-likeness (QED) is 0.567. The van der Waals surface area contributed by atoms with Crippen LogP contribution in [0.3, 0.4) is 0 Å². The summed E-state index contributed by atoms with van der Waals surface area (Å²) in [6, 6.07) is 3.22. The molecule has 0 aliphatic rings. The van der Waals surface area contributed by atoms with Crippen LogP contribution in [0.15, 0.2) is 48.7 Å². The Hall–Kier alpha value is -3.76. The number of aromatic nitrogens is 5. The van der Waals surface area contributed by atoms with Crippen molar-refractivity contribution in [3.8, 4) is 17.1 Å². The Bertz CT molecular complexity index is 1090. The van der Waals surface area contributed by atoms with E-state index in [0.29, 0.717) is 5.69 Å². The summed E-state index contributed by atoms with van der Waals surface area (Å²) in [6.07, 6.45) is 1.82. The fourth-order valence-electron chi connectivity index (χ4n) is 2.65. The molecule has 162 valence electrons. The summed E-state index contributed by atoms with van der Waals surface area (Å²) in [5, 5.41) is 13.5. The first-order chi connectivity index (χ1) is 14.6. The third-order valence-electron chi connectivity index (χ3n) is 3.92. The van der Waals surface area contributed by atoms with Crippen molar-refractivity contribution in [3.63, 3.8) is 0 Å². The summed E-state index contributed by atoms with van der Waals surface area (Å²) in [5.74, 6) is -1.19. The van der Waals surface area contributed by atoms with Gasteiger partial charge in [-0.1, -0.05) is 0 Å². The highest BCUT2D eigenvalue weighted by molar-refractivity contribution is 5.90. The number of alkyl halides is 3. The van der Waals surface area contributed by atoms with Gasteiger partial charge in [-0.3, -0.25) is 9.97 Å². The normalized spacial score (nSPS) is 12.3. The van der Waals surface area contributed by atoms with E-state index < -0.39 is 17.7 Å². The van der Waals surface area contributed by atoms with Crippen LogP contribution in [-0.2, 0) is 17.4 Å². The average Bonchev–Trinajstić information content (AvgIpc) is 3.15. The van der Waals surface area contributed by atoms with Crippen molar-refractivity contribution in [2.45, 2.75) is 32.5 Å². The summed E-state index contributed by atoms with van der Waals surface area (Å²) in [7, 11) is 0. The van der Waals surface area contributed by atoms with Gasteiger partial charge < -0.3 is 9.84 Å². The molecule has 0 aliphatic carbocycles. The largest absolute Gasteiger partial charge is 0.491 e. The van der Waals surface area contributed by atoms with Crippen molar-refractivity contribution in [1.82, 2.24) is 24.7 Å². The van der Waals surface area contributed by atoms with Gasteiger partial charge in [0.1, 0.15) is 12.1 Å². The summed E-state index contributed by atoms with van der Waals surface area (Å²) in [6.45, 7) is 3.39. The monoisotopic (exact) mass is 433 g/mol. The van der Waals surface area contributed by atoms with Crippen LogP contribution in [0.5, 0.6) is 5.75 Å². The van der Waals surface area contributed by atoms with E-state index in [4.69, 9.17) is 4.74 Å². The fraction of sp³-hybridized carbons (Fsp3) is 0.250. The molecule has 0 aliphatic heterocycles. The lowest BCUT2D eigenvalue weighted by Gasteiger charge is -2.14. The minimum absolute atomic E-state index is 0.0137. The summed E-state index contributed by atoms with van der Waals surface area (Å²) in [5.41, 5.74) is -0.431. The molecule has 0 fully saturated rings. The van der Waals surface area contributed by atoms with Gasteiger partial charge in [-0.15, -0.1) is 5.10 Å². The standard InChI is InChI=1S/C20H18F3N5O3/c1-12(2)31-17-7-13(5-15(8-17)20(21,22)23)18-26-11-28(27-18)10-14(19(29)30)6-16-9-24-3-4-25-16/h3-5,7-12H,6H2,1-2H3,(H,29,30)/b14-10-. The van der Waals surface area contributed by atoms with Gasteiger partial charge in [0.2, 0.25) is 0 Å². The van der Waals surface area contributed by atoms with E-state index in [1.54, 1.807) is 13.8 Å². The molecule has 3 rings (SSSR count). The van der Waals surface area contributed by atoms with Crippen molar-refractivity contribution < 1.29 is 27.8 Å². The Labute approximate surface area is 175 Å². The number of benzene rings is 1. The van der Waals surface area contributed by atoms with Crippen molar-refractivity contribution in [2.75, 3.05) is 0 Å². The number of aliphatic carboxylic acids is 1. The molecule has 0 saturated carbocycles. The zero-order chi connectivity index (χ0) is 22.6. The number of hydrogen-bond donors (Lipinski definition) is 1. The number of carboxylic acids is 1. The molecule has 0 spiro atoms. The third kappa shape index (κ3) is 5.87. The SMILES string of the molecule is CC(C)Oc1cc(-c2ncn(/C=C(/Cc3cnccn3)C(=O)O)n2)cc(C(F)(F)F)c1. The van der Waals surface area contributed by atoms with Gasteiger partial charge in [0.15, 0.2) is 5.82 Å². The maximum Gasteiger partial charge on any atom is 0.416 e. The maximum absolute atomic E-state index is 13.3. The molecule has 0 radical (unpaired) electrons. The van der Waals surface area contributed by atoms with Crippen molar-refractivity contribution in [1.29, 1.82) is 0 Å². The van der Waals surface area contributed by atoms with Crippen molar-refractivity contribution >= 4 is 12.2 Å². The highest BCUT2D eigenvalue weighted by Crippen LogP contribution is 2.35. The minimum Gasteiger partial charge on any atom is -0.491 e. The lowest BCUT2D eigenvalue weighted by Crippen LogP contribution is -2.09. The Morgan fingerprint density at radius 2 is 2.00 bits per heavy atom. The van der Waals surface area contributed by atoms with E-state index in [1.165, 1.54) is 37.2 Å². The Morgan fingerprint density at radius 3 is 2.61 bits per heavy atom. The van der Waals surface area contributed by atoms with Crippen LogP contribution in [-0.4, -0.2) is 41.9 Å². The smallest absolute Gasteiger partial charge is 0.416 e. The molecule has 0 unspecified atom stereocenters. The Balaban J connectivity index is 1.95. The zero-order valence-electron chi connectivity index (χ0n) is 16.5. The molecule has 0 amide bonds. The molecule has 3 aromatic rings. The van der Waals surface area contributed by atoms with E-state index >= 15 is 0 Å². The second-order valence-electron chi connectivity index (χ2n) is 6.79. The molecule has 1 aromatic carbocycles. The van der Waals surface area contributed by atoms with Crippen LogP contribution in [0.4, 0.5) is 13.2 Å². The van der Waals surface area contributed by atoms with Crippen LogP contribution >= 0.6 is 0 Å².